The van der Waals surface area contributed by atoms with E-state index < -0.39 is 6.10 Å². The van der Waals surface area contributed by atoms with Crippen molar-refractivity contribution in [3.05, 3.63) is 30.1 Å². The number of ether oxygens (including phenoxy) is 1. The Balaban J connectivity index is 2.42. The molecule has 5 nitrogen and oxygen atoms in total. The Bertz CT molecular complexity index is 343. The van der Waals surface area contributed by atoms with Gasteiger partial charge in [-0.2, -0.15) is 0 Å². The van der Waals surface area contributed by atoms with Crippen LogP contribution >= 0.6 is 0 Å². The van der Waals surface area contributed by atoms with Crippen molar-refractivity contribution in [1.29, 1.82) is 0 Å². The van der Waals surface area contributed by atoms with Gasteiger partial charge in [-0.25, -0.2) is 0 Å². The van der Waals surface area contributed by atoms with Crippen molar-refractivity contribution >= 4 is 5.91 Å². The molecule has 1 rings (SSSR count). The predicted molar refractivity (Wildman–Crippen MR) is 63.5 cm³/mol. The summed E-state index contributed by atoms with van der Waals surface area (Å²) in [6, 6.07) is 3.61. The summed E-state index contributed by atoms with van der Waals surface area (Å²) >= 11 is 0. The molecule has 0 aromatic carbocycles. The van der Waals surface area contributed by atoms with E-state index in [1.165, 1.54) is 12.0 Å². The number of likely N-dealkylation sites (N-methyl/N-ethyl adjacent to an activating group) is 1. The molecule has 1 N–H and O–H groups in total. The highest BCUT2D eigenvalue weighted by Crippen LogP contribution is 2.01. The van der Waals surface area contributed by atoms with Gasteiger partial charge in [0.05, 0.1) is 19.1 Å². The molecule has 0 aliphatic rings. The largest absolute Gasteiger partial charge is 0.389 e. The fourth-order valence-electron chi connectivity index (χ4n) is 1.47. The van der Waals surface area contributed by atoms with E-state index in [-0.39, 0.29) is 19.1 Å². The van der Waals surface area contributed by atoms with E-state index in [1.807, 2.05) is 0 Å². The minimum atomic E-state index is -0.647. The van der Waals surface area contributed by atoms with E-state index in [1.54, 1.807) is 31.6 Å². The molecule has 0 saturated carbocycles. The summed E-state index contributed by atoms with van der Waals surface area (Å²) in [5, 5.41) is 9.51. The van der Waals surface area contributed by atoms with Crippen molar-refractivity contribution in [3.63, 3.8) is 0 Å². The first-order valence-corrected chi connectivity index (χ1v) is 5.43. The van der Waals surface area contributed by atoms with E-state index in [2.05, 4.69) is 4.98 Å². The average Bonchev–Trinajstić information content (AvgIpc) is 2.30. The van der Waals surface area contributed by atoms with Crippen molar-refractivity contribution in [2.24, 2.45) is 0 Å². The second-order valence-corrected chi connectivity index (χ2v) is 3.92. The molecule has 5 heteroatoms. The van der Waals surface area contributed by atoms with Gasteiger partial charge in [0.15, 0.2) is 0 Å². The smallest absolute Gasteiger partial charge is 0.226 e. The molecule has 0 aliphatic carbocycles. The molecule has 0 spiro atoms. The van der Waals surface area contributed by atoms with Crippen molar-refractivity contribution in [2.45, 2.75) is 12.5 Å². The lowest BCUT2D eigenvalue weighted by Gasteiger charge is -2.20. The van der Waals surface area contributed by atoms with Crippen molar-refractivity contribution in [2.75, 3.05) is 27.3 Å². The second-order valence-electron chi connectivity index (χ2n) is 3.92. The molecule has 1 aromatic rings. The van der Waals surface area contributed by atoms with Gasteiger partial charge in [0.2, 0.25) is 5.91 Å². The van der Waals surface area contributed by atoms with Crippen LogP contribution in [0.4, 0.5) is 0 Å². The number of nitrogens with zero attached hydrogens (tertiary/aromatic N) is 2. The second kappa shape index (κ2) is 6.98. The van der Waals surface area contributed by atoms with Crippen LogP contribution in [0.1, 0.15) is 5.56 Å². The van der Waals surface area contributed by atoms with E-state index in [0.717, 1.165) is 5.56 Å². The summed E-state index contributed by atoms with van der Waals surface area (Å²) in [6.45, 7) is 0.505. The van der Waals surface area contributed by atoms with Crippen molar-refractivity contribution < 1.29 is 14.6 Å². The third-order valence-electron chi connectivity index (χ3n) is 2.37. The van der Waals surface area contributed by atoms with Gasteiger partial charge < -0.3 is 14.7 Å². The van der Waals surface area contributed by atoms with Gasteiger partial charge >= 0.3 is 0 Å². The van der Waals surface area contributed by atoms with Crippen LogP contribution in [0.5, 0.6) is 0 Å². The maximum absolute atomic E-state index is 11.8. The topological polar surface area (TPSA) is 62.7 Å². The van der Waals surface area contributed by atoms with Crippen LogP contribution in [-0.2, 0) is 16.0 Å². The van der Waals surface area contributed by atoms with E-state index in [4.69, 9.17) is 4.74 Å². The van der Waals surface area contributed by atoms with Crippen LogP contribution in [0, 0.1) is 0 Å². The number of pyridine rings is 1. The number of hydrogen-bond acceptors (Lipinski definition) is 4. The number of rotatable bonds is 6. The Morgan fingerprint density at radius 2 is 2.18 bits per heavy atom. The summed E-state index contributed by atoms with van der Waals surface area (Å²) in [5.74, 6) is -0.0358. The number of aliphatic hydroxyl groups excluding tert-OH is 1. The maximum atomic E-state index is 11.8. The highest BCUT2D eigenvalue weighted by Gasteiger charge is 2.13. The summed E-state index contributed by atoms with van der Waals surface area (Å²) in [7, 11) is 3.18. The van der Waals surface area contributed by atoms with E-state index in [9.17, 15) is 9.90 Å². The molecular weight excluding hydrogens is 220 g/mol. The number of aliphatic hydroxyl groups is 1. The van der Waals surface area contributed by atoms with Gasteiger partial charge in [-0.3, -0.25) is 9.78 Å². The fourth-order valence-corrected chi connectivity index (χ4v) is 1.47. The highest BCUT2D eigenvalue weighted by molar-refractivity contribution is 5.78. The first kappa shape index (κ1) is 13.6. The molecule has 0 bridgehead atoms. The molecule has 1 amide bonds. The van der Waals surface area contributed by atoms with Crippen molar-refractivity contribution in [3.8, 4) is 0 Å². The third kappa shape index (κ3) is 4.93. The first-order valence-electron chi connectivity index (χ1n) is 5.43. The lowest BCUT2D eigenvalue weighted by molar-refractivity contribution is -0.130. The van der Waals surface area contributed by atoms with Crippen molar-refractivity contribution in [1.82, 2.24) is 9.88 Å². The maximum Gasteiger partial charge on any atom is 0.226 e. The van der Waals surface area contributed by atoms with Gasteiger partial charge in [0.1, 0.15) is 0 Å². The fraction of sp³-hybridized carbons (Fsp3) is 0.500. The molecule has 0 saturated heterocycles. The van der Waals surface area contributed by atoms with Crippen LogP contribution in [0.3, 0.4) is 0 Å². The van der Waals surface area contributed by atoms with E-state index in [0.29, 0.717) is 6.42 Å². The van der Waals surface area contributed by atoms with Gasteiger partial charge in [-0.05, 0) is 17.7 Å². The van der Waals surface area contributed by atoms with Crippen LogP contribution in [0.25, 0.3) is 0 Å². The van der Waals surface area contributed by atoms with Crippen LogP contribution < -0.4 is 0 Å². The molecule has 1 unspecified atom stereocenters. The van der Waals surface area contributed by atoms with Crippen LogP contribution in [-0.4, -0.2) is 54.3 Å². The van der Waals surface area contributed by atoms with Crippen LogP contribution in [0.2, 0.25) is 0 Å². The zero-order valence-electron chi connectivity index (χ0n) is 10.2. The normalized spacial score (nSPS) is 12.2. The average molecular weight is 238 g/mol. The molecule has 1 aromatic heterocycles. The summed E-state index contributed by atoms with van der Waals surface area (Å²) in [4.78, 5) is 17.2. The molecular formula is C12H18N2O3. The quantitative estimate of drug-likeness (QED) is 0.763. The molecule has 0 aliphatic heterocycles. The Morgan fingerprint density at radius 3 is 2.76 bits per heavy atom. The lowest BCUT2D eigenvalue weighted by atomic mass is 10.2. The Hall–Kier alpha value is -1.46. The third-order valence-corrected chi connectivity index (χ3v) is 2.37. The zero-order valence-corrected chi connectivity index (χ0v) is 10.2. The number of hydrogen-bond donors (Lipinski definition) is 1. The predicted octanol–water partition coefficient (Wildman–Crippen LogP) is 0.0898. The molecule has 1 atom stereocenters. The minimum Gasteiger partial charge on any atom is -0.389 e. The zero-order chi connectivity index (χ0) is 12.7. The van der Waals surface area contributed by atoms with Gasteiger partial charge in [0.25, 0.3) is 0 Å². The Kier molecular flexibility index (Phi) is 5.59. The standard InChI is InChI=1S/C12H18N2O3/c1-14(8-11(15)9-17-2)12(16)7-10-3-5-13-6-4-10/h3-6,11,15H,7-9H2,1-2H3. The lowest BCUT2D eigenvalue weighted by Crippen LogP contribution is -2.37. The molecule has 17 heavy (non-hydrogen) atoms. The SMILES string of the molecule is COCC(O)CN(C)C(=O)Cc1ccncc1. The Labute approximate surface area is 101 Å². The van der Waals surface area contributed by atoms with Crippen LogP contribution in [0.15, 0.2) is 24.5 Å². The Morgan fingerprint density at radius 1 is 1.53 bits per heavy atom. The highest BCUT2D eigenvalue weighted by atomic mass is 16.5. The monoisotopic (exact) mass is 238 g/mol. The summed E-state index contributed by atoms with van der Waals surface area (Å²) in [6.07, 6.45) is 2.98. The minimum absolute atomic E-state index is 0.0358. The van der Waals surface area contributed by atoms with Gasteiger partial charge in [0, 0.05) is 33.1 Å². The molecule has 94 valence electrons. The number of aromatic nitrogens is 1. The van der Waals surface area contributed by atoms with Gasteiger partial charge in [-0.15, -0.1) is 0 Å². The summed E-state index contributed by atoms with van der Waals surface area (Å²) in [5.41, 5.74) is 0.915. The summed E-state index contributed by atoms with van der Waals surface area (Å²) < 4.78 is 4.81. The van der Waals surface area contributed by atoms with Gasteiger partial charge in [-0.1, -0.05) is 0 Å². The number of methoxy groups -OCH3 is 1. The molecule has 0 fully saturated rings. The molecule has 0 radical (unpaired) electrons. The first-order chi connectivity index (χ1) is 8.13. The number of carbonyl (C=O) groups is 1. The van der Waals surface area contributed by atoms with E-state index >= 15 is 0 Å². The molecule has 1 heterocycles. The number of amides is 1. The number of carbonyl (C=O) groups excluding carboxylic acids is 1.